The Morgan fingerprint density at radius 2 is 1.58 bits per heavy atom. The molecule has 1 heterocycles. The molecule has 0 saturated heterocycles. The van der Waals surface area contributed by atoms with Crippen molar-refractivity contribution < 1.29 is 23.7 Å². The van der Waals surface area contributed by atoms with Gasteiger partial charge in [-0.05, 0) is 29.5 Å². The molecule has 0 saturated carbocycles. The van der Waals surface area contributed by atoms with Crippen molar-refractivity contribution in [3.8, 4) is 23.0 Å². The summed E-state index contributed by atoms with van der Waals surface area (Å²) in [5.41, 5.74) is 4.38. The topological polar surface area (TPSA) is 66.0 Å². The van der Waals surface area contributed by atoms with Crippen LogP contribution in [-0.4, -0.2) is 34.2 Å². The number of anilines is 1. The Balaban J connectivity index is 2.01. The number of carbonyl (C=O) groups is 1. The summed E-state index contributed by atoms with van der Waals surface area (Å²) in [6, 6.07) is 9.77. The summed E-state index contributed by atoms with van der Waals surface area (Å²) < 4.78 is 22.4. The van der Waals surface area contributed by atoms with Crippen molar-refractivity contribution in [1.82, 2.24) is 0 Å². The van der Waals surface area contributed by atoms with Crippen LogP contribution in [0.25, 0.3) is 0 Å². The molecule has 31 heavy (non-hydrogen) atoms. The van der Waals surface area contributed by atoms with E-state index in [1.54, 1.807) is 28.4 Å². The first-order chi connectivity index (χ1) is 14.8. The highest BCUT2D eigenvalue weighted by molar-refractivity contribution is 6.02. The molecule has 1 aliphatic heterocycles. The van der Waals surface area contributed by atoms with E-state index < -0.39 is 0 Å². The summed E-state index contributed by atoms with van der Waals surface area (Å²) in [6.07, 6.45) is 1.29. The Bertz CT molecular complexity index is 1050. The van der Waals surface area contributed by atoms with Gasteiger partial charge in [0.05, 0.1) is 34.1 Å². The maximum absolute atomic E-state index is 13.4. The van der Waals surface area contributed by atoms with E-state index in [9.17, 15) is 4.79 Å². The highest BCUT2D eigenvalue weighted by Gasteiger charge is 2.43. The van der Waals surface area contributed by atoms with Crippen molar-refractivity contribution in [3.63, 3.8) is 0 Å². The minimum atomic E-state index is -0.282. The average molecular weight is 424 g/mol. The van der Waals surface area contributed by atoms with E-state index in [2.05, 4.69) is 19.2 Å². The number of carbonyl (C=O) groups excluding carboxylic acids is 1. The highest BCUT2D eigenvalue weighted by Crippen LogP contribution is 2.55. The maximum Gasteiger partial charge on any atom is 0.203 e. The number of ether oxygens (including phenoxy) is 4. The lowest BCUT2D eigenvalue weighted by Crippen LogP contribution is -2.34. The first-order valence-corrected chi connectivity index (χ1v) is 10.3. The zero-order valence-electron chi connectivity index (χ0n) is 18.9. The van der Waals surface area contributed by atoms with Crippen molar-refractivity contribution in [2.45, 2.75) is 32.6 Å². The van der Waals surface area contributed by atoms with E-state index in [1.807, 2.05) is 30.3 Å². The van der Waals surface area contributed by atoms with Gasteiger partial charge in [-0.25, -0.2) is 0 Å². The Hall–Kier alpha value is -3.15. The van der Waals surface area contributed by atoms with Crippen LogP contribution in [0.15, 0.2) is 41.6 Å². The molecule has 0 radical (unpaired) electrons. The molecule has 1 N–H and O–H groups in total. The van der Waals surface area contributed by atoms with Crippen LogP contribution in [0.4, 0.5) is 5.69 Å². The summed E-state index contributed by atoms with van der Waals surface area (Å²) >= 11 is 0. The van der Waals surface area contributed by atoms with Crippen molar-refractivity contribution in [2.75, 3.05) is 33.8 Å². The van der Waals surface area contributed by atoms with E-state index in [4.69, 9.17) is 18.9 Å². The fraction of sp³-hybridized carbons (Fsp3) is 0.400. The van der Waals surface area contributed by atoms with Crippen molar-refractivity contribution >= 4 is 11.5 Å². The number of hydrogen-bond acceptors (Lipinski definition) is 6. The van der Waals surface area contributed by atoms with Gasteiger partial charge in [-0.2, -0.15) is 0 Å². The van der Waals surface area contributed by atoms with E-state index in [1.165, 1.54) is 0 Å². The lowest BCUT2D eigenvalue weighted by atomic mass is 9.68. The SMILES string of the molecule is COc1ccc([C@@H]2C3=C(CC(C)(C)CC3=O)Nc3cc(OC)c(OC)c(OC)c32)cc1. The number of hydrogen-bond donors (Lipinski definition) is 1. The molecule has 1 aliphatic carbocycles. The third-order valence-corrected chi connectivity index (χ3v) is 6.10. The minimum Gasteiger partial charge on any atom is -0.497 e. The fourth-order valence-corrected chi connectivity index (χ4v) is 4.79. The van der Waals surface area contributed by atoms with Gasteiger partial charge in [0.15, 0.2) is 17.3 Å². The summed E-state index contributed by atoms with van der Waals surface area (Å²) in [5, 5.41) is 3.53. The van der Waals surface area contributed by atoms with Gasteiger partial charge in [0.2, 0.25) is 5.75 Å². The number of allylic oxidation sites excluding steroid dienone is 2. The van der Waals surface area contributed by atoms with Gasteiger partial charge in [0.1, 0.15) is 5.75 Å². The van der Waals surface area contributed by atoms with Crippen LogP contribution in [0, 0.1) is 5.41 Å². The molecular formula is C25H29NO5. The number of fused-ring (bicyclic) bond motifs is 1. The Kier molecular flexibility index (Phi) is 5.33. The maximum atomic E-state index is 13.4. The number of nitrogens with one attached hydrogen (secondary N) is 1. The molecule has 6 nitrogen and oxygen atoms in total. The first-order valence-electron chi connectivity index (χ1n) is 10.3. The molecule has 0 bridgehead atoms. The quantitative estimate of drug-likeness (QED) is 0.736. The first kappa shape index (κ1) is 21.1. The molecule has 4 rings (SSSR count). The molecule has 0 aromatic heterocycles. The van der Waals surface area contributed by atoms with Crippen molar-refractivity contribution in [2.24, 2.45) is 5.41 Å². The van der Waals surface area contributed by atoms with Gasteiger partial charge in [0.25, 0.3) is 0 Å². The van der Waals surface area contributed by atoms with Crippen LogP contribution in [0.2, 0.25) is 0 Å². The van der Waals surface area contributed by atoms with Crippen LogP contribution in [0.3, 0.4) is 0 Å². The Labute approximate surface area is 183 Å². The van der Waals surface area contributed by atoms with Gasteiger partial charge < -0.3 is 24.3 Å². The second kappa shape index (κ2) is 7.84. The van der Waals surface area contributed by atoms with E-state index >= 15 is 0 Å². The van der Waals surface area contributed by atoms with Crippen LogP contribution >= 0.6 is 0 Å². The average Bonchev–Trinajstić information content (AvgIpc) is 2.75. The Morgan fingerprint density at radius 1 is 0.903 bits per heavy atom. The molecule has 2 aromatic carbocycles. The molecule has 0 amide bonds. The minimum absolute atomic E-state index is 0.106. The number of rotatable bonds is 5. The molecule has 6 heteroatoms. The van der Waals surface area contributed by atoms with Gasteiger partial charge in [-0.1, -0.05) is 26.0 Å². The highest BCUT2D eigenvalue weighted by atomic mass is 16.5. The summed E-state index contributed by atoms with van der Waals surface area (Å²) in [4.78, 5) is 13.4. The molecule has 164 valence electrons. The van der Waals surface area contributed by atoms with E-state index in [0.29, 0.717) is 23.7 Å². The molecule has 0 unspecified atom stereocenters. The van der Waals surface area contributed by atoms with Gasteiger partial charge >= 0.3 is 0 Å². The standard InChI is InChI=1S/C25H29NO5/c1-25(2)12-17-21(18(27)13-25)20(14-7-9-15(28-3)10-8-14)22-16(26-17)11-19(29-4)23(30-5)24(22)31-6/h7-11,20,26H,12-13H2,1-6H3/t20-/m1/s1. The van der Waals surface area contributed by atoms with Gasteiger partial charge in [0, 0.05) is 35.2 Å². The second-order valence-corrected chi connectivity index (χ2v) is 8.77. The van der Waals surface area contributed by atoms with Gasteiger partial charge in [-0.3, -0.25) is 4.79 Å². The zero-order chi connectivity index (χ0) is 22.3. The van der Waals surface area contributed by atoms with Crippen LogP contribution in [-0.2, 0) is 4.79 Å². The zero-order valence-corrected chi connectivity index (χ0v) is 18.9. The molecule has 2 aliphatic rings. The smallest absolute Gasteiger partial charge is 0.203 e. The lowest BCUT2D eigenvalue weighted by molar-refractivity contribution is -0.118. The third-order valence-electron chi connectivity index (χ3n) is 6.10. The molecule has 2 aromatic rings. The summed E-state index contributed by atoms with van der Waals surface area (Å²) in [5.74, 6) is 2.29. The number of methoxy groups -OCH3 is 4. The van der Waals surface area contributed by atoms with Crippen LogP contribution in [0.1, 0.15) is 43.7 Å². The predicted molar refractivity (Wildman–Crippen MR) is 120 cm³/mol. The number of ketones is 1. The normalized spacial score (nSPS) is 19.2. The van der Waals surface area contributed by atoms with E-state index in [0.717, 1.165) is 40.3 Å². The molecular weight excluding hydrogens is 394 g/mol. The largest absolute Gasteiger partial charge is 0.497 e. The van der Waals surface area contributed by atoms with E-state index in [-0.39, 0.29) is 17.1 Å². The van der Waals surface area contributed by atoms with Gasteiger partial charge in [-0.15, -0.1) is 0 Å². The van der Waals surface area contributed by atoms with Crippen LogP contribution < -0.4 is 24.3 Å². The number of Topliss-reactive ketones (excluding diaryl/α,β-unsaturated/α-hetero) is 1. The van der Waals surface area contributed by atoms with Crippen molar-refractivity contribution in [3.05, 3.63) is 52.7 Å². The fourth-order valence-electron chi connectivity index (χ4n) is 4.79. The van der Waals surface area contributed by atoms with Crippen LogP contribution in [0.5, 0.6) is 23.0 Å². The molecule has 0 spiro atoms. The Morgan fingerprint density at radius 3 is 2.16 bits per heavy atom. The molecule has 1 atom stereocenters. The second-order valence-electron chi connectivity index (χ2n) is 8.77. The summed E-state index contributed by atoms with van der Waals surface area (Å²) in [6.45, 7) is 4.26. The monoisotopic (exact) mass is 423 g/mol. The summed E-state index contributed by atoms with van der Waals surface area (Å²) in [7, 11) is 6.44. The molecule has 0 fully saturated rings. The van der Waals surface area contributed by atoms with Crippen molar-refractivity contribution in [1.29, 1.82) is 0 Å². The predicted octanol–water partition coefficient (Wildman–Crippen LogP) is 4.92. The third kappa shape index (κ3) is 3.50. The number of benzene rings is 2. The lowest BCUT2D eigenvalue weighted by Gasteiger charge is -2.40.